The molecule has 1 amide bonds. The van der Waals surface area contributed by atoms with Crippen molar-refractivity contribution in [2.24, 2.45) is 0 Å². The number of aliphatic hydroxyl groups is 1. The zero-order chi connectivity index (χ0) is 21.2. The van der Waals surface area contributed by atoms with E-state index in [9.17, 15) is 23.2 Å². The number of rotatable bonds is 5. The highest BCUT2D eigenvalue weighted by atomic mass is 19.3. The quantitative estimate of drug-likeness (QED) is 0.685. The number of carbonyl (C=O) groups is 2. The van der Waals surface area contributed by atoms with Crippen LogP contribution in [0.15, 0.2) is 35.4 Å². The van der Waals surface area contributed by atoms with Crippen molar-refractivity contribution in [2.45, 2.75) is 24.7 Å². The summed E-state index contributed by atoms with van der Waals surface area (Å²) < 4.78 is 38.2. The van der Waals surface area contributed by atoms with E-state index < -0.39 is 48.8 Å². The van der Waals surface area contributed by atoms with Crippen molar-refractivity contribution in [3.63, 3.8) is 0 Å². The van der Waals surface area contributed by atoms with Gasteiger partial charge in [0.2, 0.25) is 6.23 Å². The molecule has 2 atom stereocenters. The second-order valence-electron chi connectivity index (χ2n) is 6.14. The minimum absolute atomic E-state index is 0.0927. The number of anilines is 1. The van der Waals surface area contributed by atoms with E-state index >= 15 is 0 Å². The highest BCUT2D eigenvalue weighted by Crippen LogP contribution is 2.41. The summed E-state index contributed by atoms with van der Waals surface area (Å²) in [5, 5.41) is 11.3. The van der Waals surface area contributed by atoms with Crippen LogP contribution in [0, 0.1) is 0 Å². The van der Waals surface area contributed by atoms with Gasteiger partial charge in [-0.05, 0) is 18.2 Å². The fourth-order valence-corrected chi connectivity index (χ4v) is 2.75. The topological polar surface area (TPSA) is 133 Å². The molecule has 154 valence electrons. The number of methoxy groups -OCH3 is 1. The van der Waals surface area contributed by atoms with Crippen molar-refractivity contribution in [3.8, 4) is 0 Å². The van der Waals surface area contributed by atoms with Crippen LogP contribution in [0.3, 0.4) is 0 Å². The first-order valence-corrected chi connectivity index (χ1v) is 8.34. The fraction of sp³-hybridized carbons (Fsp3) is 0.353. The van der Waals surface area contributed by atoms with Gasteiger partial charge in [0.25, 0.3) is 11.8 Å². The molecule has 0 unspecified atom stereocenters. The Morgan fingerprint density at radius 3 is 2.83 bits per heavy atom. The molecule has 29 heavy (non-hydrogen) atoms. The Kier molecular flexibility index (Phi) is 5.66. The highest BCUT2D eigenvalue weighted by molar-refractivity contribution is 6.03. The van der Waals surface area contributed by atoms with Gasteiger partial charge in [0.15, 0.2) is 0 Å². The summed E-state index contributed by atoms with van der Waals surface area (Å²) in [6.45, 7) is -0.611. The van der Waals surface area contributed by atoms with Gasteiger partial charge in [0.1, 0.15) is 11.5 Å². The molecule has 1 fully saturated rings. The van der Waals surface area contributed by atoms with Gasteiger partial charge in [0, 0.05) is 18.8 Å². The third-order valence-corrected chi connectivity index (χ3v) is 4.12. The number of aliphatic hydroxyl groups excluding tert-OH is 1. The van der Waals surface area contributed by atoms with E-state index in [1.165, 1.54) is 25.4 Å². The second kappa shape index (κ2) is 8.01. The molecule has 1 aliphatic heterocycles. The van der Waals surface area contributed by atoms with Gasteiger partial charge in [0.05, 0.1) is 25.4 Å². The Bertz CT molecular complexity index is 996. The maximum Gasteiger partial charge on any atom is 0.351 e. The van der Waals surface area contributed by atoms with Gasteiger partial charge >= 0.3 is 11.7 Å². The third-order valence-electron chi connectivity index (χ3n) is 4.12. The Morgan fingerprint density at radius 1 is 1.45 bits per heavy atom. The molecule has 0 aromatic carbocycles. The summed E-state index contributed by atoms with van der Waals surface area (Å²) in [5.74, 6) is -5.02. The Balaban J connectivity index is 1.78. The van der Waals surface area contributed by atoms with Crippen molar-refractivity contribution < 1.29 is 33.0 Å². The molecule has 0 radical (unpaired) electrons. The lowest BCUT2D eigenvalue weighted by atomic mass is 10.2. The number of nitrogens with zero attached hydrogens (tertiary/aromatic N) is 3. The molecule has 2 aromatic heterocycles. The monoisotopic (exact) mass is 410 g/mol. The molecule has 1 aliphatic rings. The number of nitrogens with one attached hydrogen (secondary N) is 1. The molecule has 3 rings (SSSR count). The molecule has 3 heterocycles. The van der Waals surface area contributed by atoms with Crippen LogP contribution in [0.1, 0.15) is 33.5 Å². The third kappa shape index (κ3) is 4.27. The standard InChI is InChI=1S/C17H16F2N4O6/c1-28-14(26)9-2-4-20-11(6-9)13(25)21-12-3-5-23(16(27)22-12)15-17(18,19)7-10(8-24)29-15/h2-6,10,15,24H,7-8H2,1H3,(H,21,22,25,27)/t10-,15+/m0/s1. The van der Waals surface area contributed by atoms with Crippen LogP contribution < -0.4 is 11.0 Å². The Morgan fingerprint density at radius 2 is 2.21 bits per heavy atom. The molecule has 0 spiro atoms. The van der Waals surface area contributed by atoms with Crippen LogP contribution in [-0.4, -0.2) is 57.3 Å². The van der Waals surface area contributed by atoms with Gasteiger partial charge in [-0.25, -0.2) is 18.4 Å². The van der Waals surface area contributed by atoms with Gasteiger partial charge < -0.3 is 19.9 Å². The summed E-state index contributed by atoms with van der Waals surface area (Å²) in [7, 11) is 1.18. The number of carbonyl (C=O) groups excluding carboxylic acids is 2. The lowest BCUT2D eigenvalue weighted by molar-refractivity contribution is -0.120. The molecule has 0 saturated carbocycles. The smallest absolute Gasteiger partial charge is 0.351 e. The maximum absolute atomic E-state index is 14.0. The molecule has 0 bridgehead atoms. The molecule has 10 nitrogen and oxygen atoms in total. The lowest BCUT2D eigenvalue weighted by Crippen LogP contribution is -2.35. The normalized spacial score (nSPS) is 20.3. The SMILES string of the molecule is COC(=O)c1ccnc(C(=O)Nc2ccn([C@@H]3O[C@H](CO)CC3(F)F)c(=O)n2)c1. The number of aromatic nitrogens is 3. The van der Waals surface area contributed by atoms with Crippen molar-refractivity contribution in [2.75, 3.05) is 19.0 Å². The van der Waals surface area contributed by atoms with E-state index in [1.54, 1.807) is 0 Å². The molecular weight excluding hydrogens is 394 g/mol. The maximum atomic E-state index is 14.0. The van der Waals surface area contributed by atoms with Crippen LogP contribution in [-0.2, 0) is 9.47 Å². The van der Waals surface area contributed by atoms with Crippen LogP contribution >= 0.6 is 0 Å². The number of pyridine rings is 1. The van der Waals surface area contributed by atoms with Crippen LogP contribution in [0.4, 0.5) is 14.6 Å². The molecule has 12 heteroatoms. The largest absolute Gasteiger partial charge is 0.465 e. The molecule has 2 aromatic rings. The number of alkyl halides is 2. The predicted octanol–water partition coefficient (Wildman–Crippen LogP) is 0.592. The number of halogens is 2. The van der Waals surface area contributed by atoms with Gasteiger partial charge in [-0.3, -0.25) is 14.3 Å². The van der Waals surface area contributed by atoms with Crippen LogP contribution in [0.2, 0.25) is 0 Å². The average molecular weight is 410 g/mol. The first kappa shape index (κ1) is 20.5. The van der Waals surface area contributed by atoms with Crippen LogP contribution in [0.25, 0.3) is 0 Å². The van der Waals surface area contributed by atoms with Crippen LogP contribution in [0.5, 0.6) is 0 Å². The summed E-state index contributed by atoms with van der Waals surface area (Å²) in [5.41, 5.74) is -1.13. The molecule has 2 N–H and O–H groups in total. The van der Waals surface area contributed by atoms with Crippen molar-refractivity contribution in [3.05, 3.63) is 52.3 Å². The van der Waals surface area contributed by atoms with Gasteiger partial charge in [-0.1, -0.05) is 0 Å². The van der Waals surface area contributed by atoms with Crippen molar-refractivity contribution in [1.82, 2.24) is 14.5 Å². The van der Waals surface area contributed by atoms with Gasteiger partial charge in [-0.15, -0.1) is 0 Å². The molecule has 1 saturated heterocycles. The Hall–Kier alpha value is -3.25. The fourth-order valence-electron chi connectivity index (χ4n) is 2.75. The van der Waals surface area contributed by atoms with E-state index in [0.717, 1.165) is 12.3 Å². The number of ether oxygens (including phenoxy) is 2. The zero-order valence-electron chi connectivity index (χ0n) is 15.0. The summed E-state index contributed by atoms with van der Waals surface area (Å²) in [6.07, 6.45) is -1.52. The predicted molar refractivity (Wildman–Crippen MR) is 92.6 cm³/mol. The number of esters is 1. The summed E-state index contributed by atoms with van der Waals surface area (Å²) >= 11 is 0. The zero-order valence-corrected chi connectivity index (χ0v) is 15.0. The number of amides is 1. The minimum Gasteiger partial charge on any atom is -0.465 e. The number of hydrogen-bond acceptors (Lipinski definition) is 8. The van der Waals surface area contributed by atoms with Crippen molar-refractivity contribution in [1.29, 1.82) is 0 Å². The highest BCUT2D eigenvalue weighted by Gasteiger charge is 2.51. The minimum atomic E-state index is -3.37. The van der Waals surface area contributed by atoms with Crippen molar-refractivity contribution >= 4 is 17.7 Å². The van der Waals surface area contributed by atoms with E-state index in [-0.39, 0.29) is 17.1 Å². The average Bonchev–Trinajstić information content (AvgIpc) is 3.02. The summed E-state index contributed by atoms with van der Waals surface area (Å²) in [4.78, 5) is 43.3. The molecular formula is C17H16F2N4O6. The summed E-state index contributed by atoms with van der Waals surface area (Å²) in [6, 6.07) is 3.67. The second-order valence-corrected chi connectivity index (χ2v) is 6.14. The first-order chi connectivity index (χ1) is 13.7. The van der Waals surface area contributed by atoms with E-state index in [4.69, 9.17) is 9.84 Å². The molecule has 0 aliphatic carbocycles. The Labute approximate surface area is 162 Å². The number of hydrogen-bond donors (Lipinski definition) is 2. The van der Waals surface area contributed by atoms with E-state index in [2.05, 4.69) is 20.0 Å². The van der Waals surface area contributed by atoms with Gasteiger partial charge in [-0.2, -0.15) is 4.98 Å². The first-order valence-electron chi connectivity index (χ1n) is 8.34. The van der Waals surface area contributed by atoms with E-state index in [0.29, 0.717) is 4.57 Å². The van der Waals surface area contributed by atoms with E-state index in [1.807, 2.05) is 0 Å². The lowest BCUT2D eigenvalue weighted by Gasteiger charge is -2.19.